The van der Waals surface area contributed by atoms with Crippen molar-refractivity contribution in [3.05, 3.63) is 0 Å². The minimum absolute atomic E-state index is 0.611. The van der Waals surface area contributed by atoms with E-state index in [1.54, 1.807) is 12.5 Å². The van der Waals surface area contributed by atoms with Crippen LogP contribution in [-0.2, 0) is 11.2 Å². The van der Waals surface area contributed by atoms with E-state index in [9.17, 15) is 4.55 Å². The summed E-state index contributed by atoms with van der Waals surface area (Å²) < 4.78 is 9.56. The lowest BCUT2D eigenvalue weighted by molar-refractivity contribution is 0.606. The smallest absolute Gasteiger partial charge is 0.0946 e. The van der Waals surface area contributed by atoms with Crippen LogP contribution in [0.15, 0.2) is 0 Å². The Balaban J connectivity index is 0. The fourth-order valence-corrected chi connectivity index (χ4v) is 1.78. The lowest BCUT2D eigenvalue weighted by atomic mass is 10.4. The van der Waals surface area contributed by atoms with Crippen LogP contribution in [0, 0.1) is 0 Å². The van der Waals surface area contributed by atoms with Crippen LogP contribution in [0.25, 0.3) is 0 Å². The molecule has 0 unspecified atom stereocenters. The zero-order valence-corrected chi connectivity index (χ0v) is 11.1. The third-order valence-corrected chi connectivity index (χ3v) is 2.44. The first-order valence-electron chi connectivity index (χ1n) is 4.97. The molecule has 13 heavy (non-hydrogen) atoms. The van der Waals surface area contributed by atoms with E-state index in [0.29, 0.717) is 0 Å². The first-order valence-corrected chi connectivity index (χ1v) is 8.10. The van der Waals surface area contributed by atoms with Crippen LogP contribution in [0.4, 0.5) is 0 Å². The van der Waals surface area contributed by atoms with Crippen molar-refractivity contribution < 1.29 is 4.55 Å². The first-order chi connectivity index (χ1) is 6.15. The maximum absolute atomic E-state index is 9.56. The molecule has 0 fully saturated rings. The fourth-order valence-electron chi connectivity index (χ4n) is 0.595. The Morgan fingerprint density at radius 1 is 1.00 bits per heavy atom. The van der Waals surface area contributed by atoms with Gasteiger partial charge in [-0.25, -0.2) is 0 Å². The van der Waals surface area contributed by atoms with Gasteiger partial charge in [0, 0.05) is 0 Å². The summed E-state index contributed by atoms with van der Waals surface area (Å²) in [5, 5.41) is 0. The molecule has 1 nitrogen and oxygen atoms in total. The van der Waals surface area contributed by atoms with E-state index in [1.807, 2.05) is 0 Å². The summed E-state index contributed by atoms with van der Waals surface area (Å²) in [6.45, 7) is 4.50. The first kappa shape index (κ1) is 16.1. The van der Waals surface area contributed by atoms with E-state index in [0.717, 1.165) is 0 Å². The summed E-state index contributed by atoms with van der Waals surface area (Å²) in [5.74, 6) is 2.74. The average molecular weight is 224 g/mol. The van der Waals surface area contributed by atoms with Crippen molar-refractivity contribution >= 4 is 22.9 Å². The van der Waals surface area contributed by atoms with Crippen LogP contribution < -0.4 is 0 Å². The van der Waals surface area contributed by atoms with Gasteiger partial charge in [-0.2, -0.15) is 11.8 Å². The van der Waals surface area contributed by atoms with Gasteiger partial charge in [0.15, 0.2) is 0 Å². The highest BCUT2D eigenvalue weighted by Gasteiger charge is 1.85. The molecule has 0 heterocycles. The number of rotatable bonds is 6. The Hall–Kier alpha value is 0.660. The third-order valence-electron chi connectivity index (χ3n) is 1.28. The molecule has 0 aliphatic rings. The molecule has 0 amide bonds. The normalized spacial score (nSPS) is 9.69. The molecule has 0 aliphatic heterocycles. The van der Waals surface area contributed by atoms with Crippen molar-refractivity contribution in [1.29, 1.82) is 0 Å². The maximum Gasteiger partial charge on any atom is 0.0946 e. The molecule has 0 saturated heterocycles. The predicted octanol–water partition coefficient (Wildman–Crippen LogP) is 3.31. The Morgan fingerprint density at radius 3 is 1.54 bits per heavy atom. The van der Waals surface area contributed by atoms with E-state index < -0.39 is 11.2 Å². The van der Waals surface area contributed by atoms with E-state index in [2.05, 4.69) is 25.6 Å². The maximum atomic E-state index is 9.56. The summed E-state index contributed by atoms with van der Waals surface area (Å²) in [5.41, 5.74) is 0. The lowest BCUT2D eigenvalue weighted by Gasteiger charge is -1.96. The Labute approximate surface area is 91.2 Å². The Bertz CT molecular complexity index is 68.6. The van der Waals surface area contributed by atoms with Crippen LogP contribution in [0.3, 0.4) is 0 Å². The Kier molecular flexibility index (Phi) is 18.8. The van der Waals surface area contributed by atoms with Gasteiger partial charge in [-0.15, -0.1) is 0 Å². The summed E-state index contributed by atoms with van der Waals surface area (Å²) in [6, 6.07) is 0. The highest BCUT2D eigenvalue weighted by Crippen LogP contribution is 2.06. The standard InChI is InChI=1S/C8H18S.C2H6OS/c1-3-5-7-9-8-6-4-2;1-4(2)3/h3-8H2,1-2H3;1-2H3. The molecule has 0 radical (unpaired) electrons. The molecule has 0 N–H and O–H groups in total. The van der Waals surface area contributed by atoms with Gasteiger partial charge in [0.25, 0.3) is 0 Å². The van der Waals surface area contributed by atoms with Crippen molar-refractivity contribution in [2.24, 2.45) is 0 Å². The molecule has 0 saturated carbocycles. The van der Waals surface area contributed by atoms with Crippen LogP contribution in [0.5, 0.6) is 0 Å². The molecule has 0 rings (SSSR count). The molecule has 0 aromatic rings. The largest absolute Gasteiger partial charge is 0.617 e. The van der Waals surface area contributed by atoms with Crippen LogP contribution >= 0.6 is 11.8 Å². The van der Waals surface area contributed by atoms with E-state index in [1.165, 1.54) is 37.2 Å². The molecular formula is C10H24OS2. The molecular weight excluding hydrogens is 200 g/mol. The molecule has 3 heteroatoms. The number of unbranched alkanes of at least 4 members (excludes halogenated alkanes) is 2. The summed E-state index contributed by atoms with van der Waals surface area (Å²) in [7, 11) is 0. The Morgan fingerprint density at radius 2 is 1.31 bits per heavy atom. The van der Waals surface area contributed by atoms with E-state index >= 15 is 0 Å². The second-order valence-electron chi connectivity index (χ2n) is 3.06. The predicted molar refractivity (Wildman–Crippen MR) is 67.1 cm³/mol. The van der Waals surface area contributed by atoms with Gasteiger partial charge in [0.05, 0.1) is 12.5 Å². The van der Waals surface area contributed by atoms with Gasteiger partial charge in [0.2, 0.25) is 0 Å². The zero-order valence-electron chi connectivity index (χ0n) is 9.47. The lowest BCUT2D eigenvalue weighted by Crippen LogP contribution is -1.86. The van der Waals surface area contributed by atoms with Crippen LogP contribution in [0.2, 0.25) is 0 Å². The fraction of sp³-hybridized carbons (Fsp3) is 1.00. The second-order valence-corrected chi connectivity index (χ2v) is 5.77. The number of hydrogen-bond donors (Lipinski definition) is 0. The number of hydrogen-bond acceptors (Lipinski definition) is 2. The summed E-state index contributed by atoms with van der Waals surface area (Å²) >= 11 is 1.49. The second kappa shape index (κ2) is 15.1. The third kappa shape index (κ3) is 32.4. The quantitative estimate of drug-likeness (QED) is 0.510. The van der Waals surface area contributed by atoms with Gasteiger partial charge in [-0.3, -0.25) is 0 Å². The molecule has 0 aromatic heterocycles. The van der Waals surface area contributed by atoms with Crippen LogP contribution in [-0.4, -0.2) is 28.6 Å². The molecule has 0 atom stereocenters. The summed E-state index contributed by atoms with van der Waals surface area (Å²) in [4.78, 5) is 0. The van der Waals surface area contributed by atoms with Crippen molar-refractivity contribution in [2.45, 2.75) is 39.5 Å². The van der Waals surface area contributed by atoms with Gasteiger partial charge < -0.3 is 4.55 Å². The van der Waals surface area contributed by atoms with Crippen LogP contribution in [0.1, 0.15) is 39.5 Å². The summed E-state index contributed by atoms with van der Waals surface area (Å²) in [6.07, 6.45) is 8.76. The monoisotopic (exact) mass is 224 g/mol. The van der Waals surface area contributed by atoms with Crippen molar-refractivity contribution in [3.63, 3.8) is 0 Å². The topological polar surface area (TPSA) is 23.1 Å². The molecule has 0 bridgehead atoms. The SMILES string of the molecule is CCCCSCCCC.C[S+](C)[O-]. The number of thioether (sulfide) groups is 1. The van der Waals surface area contributed by atoms with E-state index in [4.69, 9.17) is 0 Å². The molecule has 0 aliphatic carbocycles. The van der Waals surface area contributed by atoms with Gasteiger partial charge in [-0.05, 0) is 24.3 Å². The zero-order chi connectivity index (χ0) is 10.5. The molecule has 0 aromatic carbocycles. The van der Waals surface area contributed by atoms with Gasteiger partial charge in [-0.1, -0.05) is 37.9 Å². The average Bonchev–Trinajstić information content (AvgIpc) is 2.03. The van der Waals surface area contributed by atoms with Crippen molar-refractivity contribution in [3.8, 4) is 0 Å². The van der Waals surface area contributed by atoms with Gasteiger partial charge >= 0.3 is 0 Å². The van der Waals surface area contributed by atoms with Crippen molar-refractivity contribution in [2.75, 3.05) is 24.0 Å². The van der Waals surface area contributed by atoms with E-state index in [-0.39, 0.29) is 0 Å². The van der Waals surface area contributed by atoms with Crippen molar-refractivity contribution in [1.82, 2.24) is 0 Å². The molecule has 82 valence electrons. The highest BCUT2D eigenvalue weighted by molar-refractivity contribution is 7.99. The van der Waals surface area contributed by atoms with Gasteiger partial charge in [0.1, 0.15) is 0 Å². The minimum atomic E-state index is -0.611. The molecule has 0 spiro atoms. The highest BCUT2D eigenvalue weighted by atomic mass is 32.2. The minimum Gasteiger partial charge on any atom is -0.617 e.